The van der Waals surface area contributed by atoms with E-state index in [2.05, 4.69) is 34.5 Å². The van der Waals surface area contributed by atoms with Crippen LogP contribution in [0.5, 0.6) is 0 Å². The summed E-state index contributed by atoms with van der Waals surface area (Å²) in [7, 11) is 3.89. The van der Waals surface area contributed by atoms with Crippen LogP contribution in [0.1, 0.15) is 13.3 Å². The lowest BCUT2D eigenvalue weighted by atomic mass is 10.4. The highest BCUT2D eigenvalue weighted by atomic mass is 127. The van der Waals surface area contributed by atoms with Crippen molar-refractivity contribution in [2.75, 3.05) is 46.0 Å². The SMILES string of the molecule is CCN(C)CCNC(=NC)NCCCSc1ccc(F)cc1.I. The van der Waals surface area contributed by atoms with Crippen molar-refractivity contribution >= 4 is 41.7 Å². The largest absolute Gasteiger partial charge is 0.356 e. The summed E-state index contributed by atoms with van der Waals surface area (Å²) in [4.78, 5) is 7.56. The van der Waals surface area contributed by atoms with E-state index in [9.17, 15) is 4.39 Å². The molecule has 0 aliphatic carbocycles. The molecule has 1 rings (SSSR count). The Bertz CT molecular complexity index is 442. The molecule has 0 unspecified atom stereocenters. The van der Waals surface area contributed by atoms with Crippen molar-refractivity contribution in [3.05, 3.63) is 30.1 Å². The van der Waals surface area contributed by atoms with Crippen LogP contribution < -0.4 is 10.6 Å². The predicted octanol–water partition coefficient (Wildman–Crippen LogP) is 3.04. The van der Waals surface area contributed by atoms with Gasteiger partial charge in [0, 0.05) is 31.6 Å². The number of nitrogens with zero attached hydrogens (tertiary/aromatic N) is 2. The van der Waals surface area contributed by atoms with Crippen molar-refractivity contribution in [1.82, 2.24) is 15.5 Å². The lowest BCUT2D eigenvalue weighted by molar-refractivity contribution is 0.357. The van der Waals surface area contributed by atoms with Gasteiger partial charge in [-0.1, -0.05) is 6.92 Å². The first-order valence-corrected chi connectivity index (χ1v) is 8.65. The number of guanidine groups is 1. The summed E-state index contributed by atoms with van der Waals surface area (Å²) in [6, 6.07) is 6.63. The number of hydrogen-bond acceptors (Lipinski definition) is 3. The molecule has 0 atom stereocenters. The monoisotopic (exact) mass is 454 g/mol. The van der Waals surface area contributed by atoms with Crippen molar-refractivity contribution < 1.29 is 4.39 Å². The maximum absolute atomic E-state index is 12.8. The van der Waals surface area contributed by atoms with Crippen LogP contribution in [0.25, 0.3) is 0 Å². The number of likely N-dealkylation sites (N-methyl/N-ethyl adjacent to an activating group) is 1. The Morgan fingerprint density at radius 2 is 1.87 bits per heavy atom. The third kappa shape index (κ3) is 10.8. The molecule has 132 valence electrons. The maximum atomic E-state index is 12.8. The molecule has 23 heavy (non-hydrogen) atoms. The molecule has 0 aliphatic rings. The lowest BCUT2D eigenvalue weighted by Gasteiger charge is -2.16. The Kier molecular flexibility index (Phi) is 13.5. The zero-order valence-corrected chi connectivity index (χ0v) is 17.3. The van der Waals surface area contributed by atoms with Gasteiger partial charge in [0.2, 0.25) is 0 Å². The Balaban J connectivity index is 0.00000484. The van der Waals surface area contributed by atoms with Crippen LogP contribution in [0.4, 0.5) is 4.39 Å². The van der Waals surface area contributed by atoms with Gasteiger partial charge in [0.15, 0.2) is 5.96 Å². The number of thioether (sulfide) groups is 1. The molecule has 1 aromatic carbocycles. The molecular formula is C16H28FIN4S. The molecule has 0 aromatic heterocycles. The van der Waals surface area contributed by atoms with Crippen LogP contribution in [-0.4, -0.2) is 56.9 Å². The van der Waals surface area contributed by atoms with E-state index in [-0.39, 0.29) is 29.8 Å². The number of aliphatic imine (C=N–C) groups is 1. The van der Waals surface area contributed by atoms with Crippen molar-refractivity contribution in [2.45, 2.75) is 18.2 Å². The van der Waals surface area contributed by atoms with Gasteiger partial charge in [-0.3, -0.25) is 4.99 Å². The number of benzene rings is 1. The molecule has 0 amide bonds. The Hall–Kier alpha value is -0.540. The lowest BCUT2D eigenvalue weighted by Crippen LogP contribution is -2.41. The van der Waals surface area contributed by atoms with E-state index in [0.717, 1.165) is 49.2 Å². The highest BCUT2D eigenvalue weighted by Crippen LogP contribution is 2.18. The Morgan fingerprint density at radius 1 is 1.22 bits per heavy atom. The van der Waals surface area contributed by atoms with Gasteiger partial charge in [0.25, 0.3) is 0 Å². The van der Waals surface area contributed by atoms with Crippen molar-refractivity contribution in [1.29, 1.82) is 0 Å². The number of hydrogen-bond donors (Lipinski definition) is 2. The van der Waals surface area contributed by atoms with Gasteiger partial charge in [-0.15, -0.1) is 35.7 Å². The molecule has 1 aromatic rings. The van der Waals surface area contributed by atoms with Gasteiger partial charge < -0.3 is 15.5 Å². The molecule has 0 heterocycles. The predicted molar refractivity (Wildman–Crippen MR) is 110 cm³/mol. The fourth-order valence-electron chi connectivity index (χ4n) is 1.74. The molecule has 0 fully saturated rings. The van der Waals surface area contributed by atoms with Gasteiger partial charge in [-0.25, -0.2) is 4.39 Å². The summed E-state index contributed by atoms with van der Waals surface area (Å²) in [5.74, 6) is 1.65. The van der Waals surface area contributed by atoms with Crippen molar-refractivity contribution in [2.24, 2.45) is 4.99 Å². The molecule has 2 N–H and O–H groups in total. The molecule has 0 saturated carbocycles. The van der Waals surface area contributed by atoms with Gasteiger partial charge in [-0.05, 0) is 50.0 Å². The summed E-state index contributed by atoms with van der Waals surface area (Å²) in [6.07, 6.45) is 1.03. The van der Waals surface area contributed by atoms with E-state index in [0.29, 0.717) is 0 Å². The van der Waals surface area contributed by atoms with Crippen LogP contribution in [0.3, 0.4) is 0 Å². The molecule has 7 heteroatoms. The van der Waals surface area contributed by atoms with E-state index >= 15 is 0 Å². The van der Waals surface area contributed by atoms with Crippen molar-refractivity contribution in [3.8, 4) is 0 Å². The second kappa shape index (κ2) is 13.9. The molecule has 0 saturated heterocycles. The second-order valence-corrected chi connectivity index (χ2v) is 6.15. The number of halogens is 2. The summed E-state index contributed by atoms with van der Waals surface area (Å²) in [6.45, 7) is 5.95. The van der Waals surface area contributed by atoms with Crippen LogP contribution in [0.15, 0.2) is 34.2 Å². The average Bonchev–Trinajstić information content (AvgIpc) is 2.54. The van der Waals surface area contributed by atoms with Gasteiger partial charge in [0.1, 0.15) is 5.82 Å². The quantitative estimate of drug-likeness (QED) is 0.198. The Morgan fingerprint density at radius 3 is 2.48 bits per heavy atom. The van der Waals surface area contributed by atoms with E-state index < -0.39 is 0 Å². The van der Waals surface area contributed by atoms with Crippen LogP contribution in [0.2, 0.25) is 0 Å². The van der Waals surface area contributed by atoms with Gasteiger partial charge in [0.05, 0.1) is 0 Å². The van der Waals surface area contributed by atoms with Crippen LogP contribution in [-0.2, 0) is 0 Å². The minimum absolute atomic E-state index is 0. The van der Waals surface area contributed by atoms with E-state index in [4.69, 9.17) is 0 Å². The summed E-state index contributed by atoms with van der Waals surface area (Å²) >= 11 is 1.74. The number of rotatable bonds is 9. The first kappa shape index (κ1) is 22.5. The fraction of sp³-hybridized carbons (Fsp3) is 0.562. The third-order valence-electron chi connectivity index (χ3n) is 3.25. The standard InChI is InChI=1S/C16H27FN4S.HI/c1-4-21(3)12-11-20-16(18-2)19-10-5-13-22-15-8-6-14(17)7-9-15;/h6-9H,4-5,10-13H2,1-3H3,(H2,18,19,20);1H. The normalized spacial score (nSPS) is 11.3. The smallest absolute Gasteiger partial charge is 0.191 e. The first-order chi connectivity index (χ1) is 10.7. The fourth-order valence-corrected chi connectivity index (χ4v) is 2.60. The first-order valence-electron chi connectivity index (χ1n) is 7.67. The summed E-state index contributed by atoms with van der Waals surface area (Å²) in [5.41, 5.74) is 0. The Labute approximate surface area is 160 Å². The third-order valence-corrected chi connectivity index (χ3v) is 4.34. The zero-order chi connectivity index (χ0) is 16.2. The van der Waals surface area contributed by atoms with E-state index in [1.165, 1.54) is 12.1 Å². The van der Waals surface area contributed by atoms with E-state index in [1.54, 1.807) is 18.8 Å². The molecule has 4 nitrogen and oxygen atoms in total. The molecule has 0 bridgehead atoms. The average molecular weight is 454 g/mol. The molecule has 0 radical (unpaired) electrons. The summed E-state index contributed by atoms with van der Waals surface area (Å²) < 4.78 is 12.8. The molecule has 0 aliphatic heterocycles. The molecular weight excluding hydrogens is 426 g/mol. The minimum atomic E-state index is -0.186. The minimum Gasteiger partial charge on any atom is -0.356 e. The highest BCUT2D eigenvalue weighted by Gasteiger charge is 1.99. The number of nitrogens with one attached hydrogen (secondary N) is 2. The maximum Gasteiger partial charge on any atom is 0.191 e. The van der Waals surface area contributed by atoms with E-state index in [1.807, 2.05) is 12.1 Å². The highest BCUT2D eigenvalue weighted by molar-refractivity contribution is 14.0. The topological polar surface area (TPSA) is 39.7 Å². The summed E-state index contributed by atoms with van der Waals surface area (Å²) in [5, 5.41) is 6.60. The van der Waals surface area contributed by atoms with Gasteiger partial charge >= 0.3 is 0 Å². The van der Waals surface area contributed by atoms with Crippen molar-refractivity contribution in [3.63, 3.8) is 0 Å². The zero-order valence-electron chi connectivity index (χ0n) is 14.1. The molecule has 0 spiro atoms. The van der Waals surface area contributed by atoms with Gasteiger partial charge in [-0.2, -0.15) is 0 Å². The van der Waals surface area contributed by atoms with Crippen LogP contribution >= 0.6 is 35.7 Å². The second-order valence-electron chi connectivity index (χ2n) is 4.98. The van der Waals surface area contributed by atoms with Crippen LogP contribution in [0, 0.1) is 5.82 Å².